The summed E-state index contributed by atoms with van der Waals surface area (Å²) in [6.45, 7) is 0.512. The third-order valence-corrected chi connectivity index (χ3v) is 1.23. The molecule has 1 aliphatic heterocycles. The topological polar surface area (TPSA) is 93.5 Å². The average Bonchev–Trinajstić information content (AvgIpc) is 2.26. The van der Waals surface area contributed by atoms with Gasteiger partial charge in [0, 0.05) is 0 Å². The molecule has 5 N–H and O–H groups in total. The molecule has 0 saturated carbocycles. The predicted molar refractivity (Wildman–Crippen MR) is 48.8 cm³/mol. The molecule has 5 nitrogen and oxygen atoms in total. The number of nitrogens with zero attached hydrogens (tertiary/aromatic N) is 1. The highest BCUT2D eigenvalue weighted by molar-refractivity contribution is 6.09. The molecule has 1 rings (SSSR count). The Morgan fingerprint density at radius 2 is 2.25 bits per heavy atom. The predicted octanol–water partition coefficient (Wildman–Crippen LogP) is -0.915. The number of nitrogens with two attached hydrogens (primary N) is 2. The standard InChI is InChI=1S/C6H10N4O.ClH/c7-3-1-2-4-5(11)10-6(8)9-4;/h2H,1,3,7H2,(H3,8,9,10,11);1H. The average molecular weight is 191 g/mol. The van der Waals surface area contributed by atoms with E-state index in [1.54, 1.807) is 6.08 Å². The lowest BCUT2D eigenvalue weighted by molar-refractivity contribution is -0.114. The first-order valence-electron chi connectivity index (χ1n) is 3.30. The Morgan fingerprint density at radius 3 is 2.67 bits per heavy atom. The molecule has 6 heteroatoms. The number of hydrogen-bond donors (Lipinski definition) is 3. The second-order valence-electron chi connectivity index (χ2n) is 2.12. The van der Waals surface area contributed by atoms with E-state index in [1.807, 2.05) is 0 Å². The van der Waals surface area contributed by atoms with Crippen LogP contribution in [0.4, 0.5) is 0 Å². The normalized spacial score (nSPS) is 18.6. The van der Waals surface area contributed by atoms with Crippen LogP contribution in [-0.2, 0) is 4.79 Å². The number of nitrogens with one attached hydrogen (secondary N) is 1. The fourth-order valence-corrected chi connectivity index (χ4v) is 0.755. The summed E-state index contributed by atoms with van der Waals surface area (Å²) in [7, 11) is 0. The van der Waals surface area contributed by atoms with Crippen LogP contribution < -0.4 is 16.8 Å². The lowest BCUT2D eigenvalue weighted by atomic mass is 10.3. The molecule has 0 fully saturated rings. The van der Waals surface area contributed by atoms with Crippen LogP contribution in [-0.4, -0.2) is 18.4 Å². The molecule has 68 valence electrons. The maximum absolute atomic E-state index is 10.9. The molecule has 0 radical (unpaired) electrons. The van der Waals surface area contributed by atoms with Crippen molar-refractivity contribution in [1.29, 1.82) is 0 Å². The summed E-state index contributed by atoms with van der Waals surface area (Å²) in [5.41, 5.74) is 10.9. The Labute approximate surface area is 76.3 Å². The van der Waals surface area contributed by atoms with Crippen LogP contribution in [0.15, 0.2) is 16.8 Å². The highest BCUT2D eigenvalue weighted by Gasteiger charge is 2.15. The van der Waals surface area contributed by atoms with Gasteiger partial charge in [-0.05, 0) is 13.0 Å². The third-order valence-electron chi connectivity index (χ3n) is 1.23. The van der Waals surface area contributed by atoms with Crippen molar-refractivity contribution in [3.8, 4) is 0 Å². The summed E-state index contributed by atoms with van der Waals surface area (Å²) in [6.07, 6.45) is 2.34. The summed E-state index contributed by atoms with van der Waals surface area (Å²) < 4.78 is 0. The zero-order valence-electron chi connectivity index (χ0n) is 6.41. The zero-order chi connectivity index (χ0) is 8.27. The van der Waals surface area contributed by atoms with Crippen LogP contribution in [0.5, 0.6) is 0 Å². The van der Waals surface area contributed by atoms with E-state index in [-0.39, 0.29) is 24.3 Å². The maximum atomic E-state index is 10.9. The van der Waals surface area contributed by atoms with Gasteiger partial charge < -0.3 is 16.8 Å². The molecule has 0 unspecified atom stereocenters. The van der Waals surface area contributed by atoms with Gasteiger partial charge in [0.2, 0.25) is 5.96 Å². The molecule has 0 aromatic heterocycles. The highest BCUT2D eigenvalue weighted by atomic mass is 35.5. The molecular formula is C6H11ClN4O. The van der Waals surface area contributed by atoms with Crippen molar-refractivity contribution in [2.75, 3.05) is 6.54 Å². The van der Waals surface area contributed by atoms with Crippen LogP contribution in [0, 0.1) is 0 Å². The second-order valence-corrected chi connectivity index (χ2v) is 2.12. The van der Waals surface area contributed by atoms with E-state index < -0.39 is 0 Å². The summed E-state index contributed by atoms with van der Waals surface area (Å²) in [5.74, 6) is -0.172. The van der Waals surface area contributed by atoms with Crippen molar-refractivity contribution in [2.24, 2.45) is 16.5 Å². The molecule has 0 atom stereocenters. The Morgan fingerprint density at radius 1 is 1.58 bits per heavy atom. The lowest BCUT2D eigenvalue weighted by Gasteiger charge is -1.94. The molecule has 0 aromatic carbocycles. The van der Waals surface area contributed by atoms with Crippen LogP contribution in [0.1, 0.15) is 6.42 Å². The van der Waals surface area contributed by atoms with E-state index in [4.69, 9.17) is 11.5 Å². The molecule has 0 aromatic rings. The van der Waals surface area contributed by atoms with Crippen molar-refractivity contribution in [1.82, 2.24) is 5.32 Å². The first-order valence-corrected chi connectivity index (χ1v) is 3.30. The Balaban J connectivity index is 0.00000121. The van der Waals surface area contributed by atoms with E-state index in [1.165, 1.54) is 0 Å². The van der Waals surface area contributed by atoms with Crippen molar-refractivity contribution in [2.45, 2.75) is 6.42 Å². The maximum Gasteiger partial charge on any atom is 0.296 e. The summed E-state index contributed by atoms with van der Waals surface area (Å²) in [5, 5.41) is 2.62. The van der Waals surface area contributed by atoms with E-state index in [2.05, 4.69) is 10.3 Å². The largest absolute Gasteiger partial charge is 0.369 e. The number of carbonyl (C=O) groups excluding carboxylic acids is 1. The van der Waals surface area contributed by atoms with Crippen LogP contribution in [0.25, 0.3) is 0 Å². The molecule has 12 heavy (non-hydrogen) atoms. The van der Waals surface area contributed by atoms with Crippen molar-refractivity contribution in [3.05, 3.63) is 11.8 Å². The monoisotopic (exact) mass is 190 g/mol. The van der Waals surface area contributed by atoms with Gasteiger partial charge in [-0.3, -0.25) is 4.79 Å². The SMILES string of the molecule is Cl.NCCC=C1NC(N)=NC1=O. The minimum Gasteiger partial charge on any atom is -0.369 e. The minimum atomic E-state index is -0.323. The number of hydrogen-bond acceptors (Lipinski definition) is 4. The van der Waals surface area contributed by atoms with Gasteiger partial charge in [-0.1, -0.05) is 6.08 Å². The van der Waals surface area contributed by atoms with Gasteiger partial charge >= 0.3 is 0 Å². The third kappa shape index (κ3) is 2.52. The summed E-state index contributed by atoms with van der Waals surface area (Å²) >= 11 is 0. The molecule has 0 bridgehead atoms. The Kier molecular flexibility index (Phi) is 4.31. The van der Waals surface area contributed by atoms with Gasteiger partial charge in [-0.25, -0.2) is 0 Å². The molecule has 1 heterocycles. The first kappa shape index (κ1) is 10.9. The fourth-order valence-electron chi connectivity index (χ4n) is 0.755. The van der Waals surface area contributed by atoms with Gasteiger partial charge in [0.15, 0.2) is 0 Å². The fraction of sp³-hybridized carbons (Fsp3) is 0.333. The molecule has 1 amide bonds. The first-order chi connectivity index (χ1) is 5.24. The van der Waals surface area contributed by atoms with E-state index in [0.29, 0.717) is 18.7 Å². The van der Waals surface area contributed by atoms with Crippen molar-refractivity contribution < 1.29 is 4.79 Å². The number of guanidine groups is 1. The van der Waals surface area contributed by atoms with Gasteiger partial charge in [0.25, 0.3) is 5.91 Å². The molecule has 0 spiro atoms. The van der Waals surface area contributed by atoms with E-state index in [9.17, 15) is 4.79 Å². The van der Waals surface area contributed by atoms with Crippen LogP contribution >= 0.6 is 12.4 Å². The van der Waals surface area contributed by atoms with Gasteiger partial charge in [-0.2, -0.15) is 4.99 Å². The molecule has 0 saturated heterocycles. The molecule has 1 aliphatic rings. The van der Waals surface area contributed by atoms with E-state index >= 15 is 0 Å². The van der Waals surface area contributed by atoms with Crippen LogP contribution in [0.3, 0.4) is 0 Å². The second kappa shape index (κ2) is 4.74. The van der Waals surface area contributed by atoms with Gasteiger partial charge in [0.1, 0.15) is 5.70 Å². The van der Waals surface area contributed by atoms with Crippen LogP contribution in [0.2, 0.25) is 0 Å². The van der Waals surface area contributed by atoms with Gasteiger partial charge in [-0.15, -0.1) is 12.4 Å². The van der Waals surface area contributed by atoms with Gasteiger partial charge in [0.05, 0.1) is 0 Å². The molecule has 0 aliphatic carbocycles. The number of rotatable bonds is 2. The number of aliphatic imine (C=N–C) groups is 1. The summed E-state index contributed by atoms with van der Waals surface area (Å²) in [4.78, 5) is 14.3. The number of carbonyl (C=O) groups is 1. The number of halogens is 1. The van der Waals surface area contributed by atoms with E-state index in [0.717, 1.165) is 0 Å². The smallest absolute Gasteiger partial charge is 0.296 e. The van der Waals surface area contributed by atoms with Crippen molar-refractivity contribution >= 4 is 24.3 Å². The quantitative estimate of drug-likeness (QED) is 0.492. The number of amides is 1. The lowest BCUT2D eigenvalue weighted by Crippen LogP contribution is -2.25. The molecular weight excluding hydrogens is 180 g/mol. The van der Waals surface area contributed by atoms with Crippen molar-refractivity contribution in [3.63, 3.8) is 0 Å². The zero-order valence-corrected chi connectivity index (χ0v) is 7.23. The highest BCUT2D eigenvalue weighted by Crippen LogP contribution is 2.00. The minimum absolute atomic E-state index is 0. The Bertz CT molecular complexity index is 236. The summed E-state index contributed by atoms with van der Waals surface area (Å²) in [6, 6.07) is 0. The Hall–Kier alpha value is -1.07.